The molecule has 4 unspecified atom stereocenters. The number of rotatable bonds is 6. The normalized spacial score (nSPS) is 28.6. The van der Waals surface area contributed by atoms with E-state index in [2.05, 4.69) is 57.9 Å². The van der Waals surface area contributed by atoms with Gasteiger partial charge in [-0.2, -0.15) is 0 Å². The standard InChI is InChI=1S/C23H32O2/c1-7-20(17(4)13-14-18-11-9-8-10-12-18)25-22(24)21-19(15-16(2)3)23(21,5)6/h1,9,11,13,15,18-21H,8,10,12,14H2,2-6H3. The van der Waals surface area contributed by atoms with Gasteiger partial charge < -0.3 is 4.74 Å². The zero-order chi connectivity index (χ0) is 18.6. The number of allylic oxidation sites excluding steroid dienone is 5. The van der Waals surface area contributed by atoms with Crippen LogP contribution in [0.5, 0.6) is 0 Å². The molecule has 4 atom stereocenters. The Balaban J connectivity index is 1.96. The number of hydrogen-bond donors (Lipinski definition) is 0. The third-order valence-corrected chi connectivity index (χ3v) is 5.57. The molecule has 2 aliphatic rings. The van der Waals surface area contributed by atoms with Gasteiger partial charge in [0, 0.05) is 0 Å². The topological polar surface area (TPSA) is 26.3 Å². The average Bonchev–Trinajstić information content (AvgIpc) is 3.10. The van der Waals surface area contributed by atoms with Crippen LogP contribution in [-0.2, 0) is 9.53 Å². The highest BCUT2D eigenvalue weighted by Gasteiger charge is 2.61. The Kier molecular flexibility index (Phi) is 6.33. The Bertz CT molecular complexity index is 623. The molecule has 0 aromatic rings. The van der Waals surface area contributed by atoms with E-state index < -0.39 is 6.10 Å². The van der Waals surface area contributed by atoms with Crippen LogP contribution in [0, 0.1) is 35.5 Å². The Labute approximate surface area is 153 Å². The molecule has 0 aliphatic heterocycles. The summed E-state index contributed by atoms with van der Waals surface area (Å²) in [5, 5.41) is 0. The largest absolute Gasteiger partial charge is 0.444 e. The molecule has 2 heteroatoms. The Morgan fingerprint density at radius 1 is 1.40 bits per heavy atom. The van der Waals surface area contributed by atoms with Gasteiger partial charge in [-0.15, -0.1) is 6.42 Å². The molecule has 2 aliphatic carbocycles. The molecular formula is C23H32O2. The maximum absolute atomic E-state index is 12.6. The SMILES string of the molecule is C#CC(OC(=O)C1C(C=C(C)C)C1(C)C)C(C)=CCC1C=CCCC1. The van der Waals surface area contributed by atoms with Crippen molar-refractivity contribution in [3.05, 3.63) is 35.5 Å². The molecule has 0 N–H and O–H groups in total. The molecule has 0 radical (unpaired) electrons. The van der Waals surface area contributed by atoms with E-state index in [-0.39, 0.29) is 23.2 Å². The first-order chi connectivity index (χ1) is 11.8. The van der Waals surface area contributed by atoms with E-state index in [0.29, 0.717) is 5.92 Å². The number of esters is 1. The third-order valence-electron chi connectivity index (χ3n) is 5.57. The second-order valence-electron chi connectivity index (χ2n) is 8.36. The van der Waals surface area contributed by atoms with Gasteiger partial charge in [0.05, 0.1) is 5.92 Å². The molecule has 25 heavy (non-hydrogen) atoms. The minimum atomic E-state index is -0.552. The van der Waals surface area contributed by atoms with E-state index >= 15 is 0 Å². The van der Waals surface area contributed by atoms with Gasteiger partial charge in [0.25, 0.3) is 0 Å². The maximum atomic E-state index is 12.6. The van der Waals surface area contributed by atoms with Gasteiger partial charge in [-0.25, -0.2) is 0 Å². The van der Waals surface area contributed by atoms with Crippen LogP contribution in [0.1, 0.15) is 60.3 Å². The van der Waals surface area contributed by atoms with Crippen molar-refractivity contribution in [1.82, 2.24) is 0 Å². The van der Waals surface area contributed by atoms with E-state index in [0.717, 1.165) is 12.0 Å². The Hall–Kier alpha value is -1.75. The van der Waals surface area contributed by atoms with E-state index in [4.69, 9.17) is 11.2 Å². The molecule has 2 nitrogen and oxygen atoms in total. The lowest BCUT2D eigenvalue weighted by Gasteiger charge is -2.17. The Morgan fingerprint density at radius 3 is 2.68 bits per heavy atom. The lowest BCUT2D eigenvalue weighted by molar-refractivity contribution is -0.147. The smallest absolute Gasteiger partial charge is 0.311 e. The number of carbonyl (C=O) groups excluding carboxylic acids is 1. The molecule has 136 valence electrons. The van der Waals surface area contributed by atoms with Crippen LogP contribution in [0.3, 0.4) is 0 Å². The fourth-order valence-electron chi connectivity index (χ4n) is 3.77. The highest BCUT2D eigenvalue weighted by Crippen LogP contribution is 2.60. The van der Waals surface area contributed by atoms with E-state index in [1.807, 2.05) is 6.92 Å². The van der Waals surface area contributed by atoms with Crippen molar-refractivity contribution in [1.29, 1.82) is 0 Å². The minimum absolute atomic E-state index is 0.0436. The molecule has 0 saturated heterocycles. The second kappa shape index (κ2) is 8.09. The molecule has 0 aromatic carbocycles. The quantitative estimate of drug-likeness (QED) is 0.364. The molecule has 0 heterocycles. The van der Waals surface area contributed by atoms with Crippen LogP contribution < -0.4 is 0 Å². The molecule has 0 bridgehead atoms. The van der Waals surface area contributed by atoms with Crippen LogP contribution in [-0.4, -0.2) is 12.1 Å². The molecule has 0 spiro atoms. The highest BCUT2D eigenvalue weighted by atomic mass is 16.5. The summed E-state index contributed by atoms with van der Waals surface area (Å²) in [4.78, 5) is 12.6. The van der Waals surface area contributed by atoms with Gasteiger partial charge >= 0.3 is 5.97 Å². The van der Waals surface area contributed by atoms with Crippen molar-refractivity contribution in [3.63, 3.8) is 0 Å². The maximum Gasteiger partial charge on any atom is 0.311 e. The summed E-state index contributed by atoms with van der Waals surface area (Å²) in [7, 11) is 0. The first kappa shape index (κ1) is 19.6. The van der Waals surface area contributed by atoms with Crippen molar-refractivity contribution in [2.45, 2.75) is 66.4 Å². The number of carbonyl (C=O) groups is 1. The minimum Gasteiger partial charge on any atom is -0.444 e. The number of hydrogen-bond acceptors (Lipinski definition) is 2. The predicted octanol–water partition coefficient (Wildman–Crippen LogP) is 5.46. The van der Waals surface area contributed by atoms with Crippen molar-refractivity contribution >= 4 is 5.97 Å². The van der Waals surface area contributed by atoms with Crippen LogP contribution in [0.4, 0.5) is 0 Å². The zero-order valence-corrected chi connectivity index (χ0v) is 16.3. The van der Waals surface area contributed by atoms with E-state index in [1.165, 1.54) is 24.8 Å². The van der Waals surface area contributed by atoms with Crippen LogP contribution in [0.15, 0.2) is 35.5 Å². The highest BCUT2D eigenvalue weighted by molar-refractivity contribution is 5.79. The first-order valence-corrected chi connectivity index (χ1v) is 9.42. The first-order valence-electron chi connectivity index (χ1n) is 9.42. The molecule has 0 amide bonds. The second-order valence-corrected chi connectivity index (χ2v) is 8.36. The lowest BCUT2D eigenvalue weighted by Crippen LogP contribution is -2.20. The Morgan fingerprint density at radius 2 is 2.12 bits per heavy atom. The van der Waals surface area contributed by atoms with E-state index in [1.54, 1.807) is 0 Å². The van der Waals surface area contributed by atoms with Crippen LogP contribution >= 0.6 is 0 Å². The summed E-state index contributed by atoms with van der Waals surface area (Å²) < 4.78 is 5.68. The fourth-order valence-corrected chi connectivity index (χ4v) is 3.77. The summed E-state index contributed by atoms with van der Waals surface area (Å²) >= 11 is 0. The van der Waals surface area contributed by atoms with Gasteiger partial charge in [0.2, 0.25) is 0 Å². The number of ether oxygens (including phenoxy) is 1. The molecular weight excluding hydrogens is 308 g/mol. The van der Waals surface area contributed by atoms with Gasteiger partial charge in [-0.05, 0) is 69.3 Å². The summed E-state index contributed by atoms with van der Waals surface area (Å²) in [5.41, 5.74) is 2.16. The fraction of sp³-hybridized carbons (Fsp3) is 0.609. The van der Waals surface area contributed by atoms with Gasteiger partial charge in [-0.1, -0.05) is 49.6 Å². The van der Waals surface area contributed by atoms with Gasteiger partial charge in [0.15, 0.2) is 6.10 Å². The molecule has 1 fully saturated rings. The molecule has 1 saturated carbocycles. The lowest BCUT2D eigenvalue weighted by atomic mass is 9.92. The average molecular weight is 341 g/mol. The zero-order valence-electron chi connectivity index (χ0n) is 16.3. The molecule has 2 rings (SSSR count). The van der Waals surface area contributed by atoms with Crippen molar-refractivity contribution in [2.75, 3.05) is 0 Å². The van der Waals surface area contributed by atoms with E-state index in [9.17, 15) is 4.79 Å². The van der Waals surface area contributed by atoms with Gasteiger partial charge in [-0.3, -0.25) is 4.79 Å². The van der Waals surface area contributed by atoms with Crippen molar-refractivity contribution in [3.8, 4) is 12.3 Å². The summed E-state index contributed by atoms with van der Waals surface area (Å²) in [6.07, 6.45) is 18.6. The summed E-state index contributed by atoms with van der Waals surface area (Å²) in [6.45, 7) is 10.3. The summed E-state index contributed by atoms with van der Waals surface area (Å²) in [5.74, 6) is 3.22. The molecule has 0 aromatic heterocycles. The van der Waals surface area contributed by atoms with Gasteiger partial charge in [0.1, 0.15) is 0 Å². The van der Waals surface area contributed by atoms with Crippen molar-refractivity contribution < 1.29 is 9.53 Å². The monoisotopic (exact) mass is 340 g/mol. The third kappa shape index (κ3) is 4.88. The van der Waals surface area contributed by atoms with Crippen LogP contribution in [0.25, 0.3) is 0 Å². The number of terminal acetylenes is 1. The van der Waals surface area contributed by atoms with Crippen LogP contribution in [0.2, 0.25) is 0 Å². The summed E-state index contributed by atoms with van der Waals surface area (Å²) in [6, 6.07) is 0. The van der Waals surface area contributed by atoms with Crippen molar-refractivity contribution in [2.24, 2.45) is 23.2 Å². The predicted molar refractivity (Wildman–Crippen MR) is 104 cm³/mol.